The van der Waals surface area contributed by atoms with Crippen LogP contribution in [0, 0.1) is 13.8 Å². The molecule has 2 N–H and O–H groups in total. The summed E-state index contributed by atoms with van der Waals surface area (Å²) in [5.74, 6) is 0.854. The number of rotatable bonds is 9. The summed E-state index contributed by atoms with van der Waals surface area (Å²) in [6, 6.07) is 8.28. The Morgan fingerprint density at radius 2 is 1.59 bits per heavy atom. The van der Waals surface area contributed by atoms with Crippen molar-refractivity contribution in [1.29, 1.82) is 0 Å². The van der Waals surface area contributed by atoms with Crippen molar-refractivity contribution in [3.05, 3.63) is 41.5 Å². The third kappa shape index (κ3) is 5.61. The van der Waals surface area contributed by atoms with Crippen molar-refractivity contribution in [3.8, 4) is 17.2 Å². The van der Waals surface area contributed by atoms with Crippen molar-refractivity contribution in [2.24, 2.45) is 0 Å². The average Bonchev–Trinajstić information content (AvgIpc) is 2.66. The SMILES string of the molecule is COc1cc(NC(=O)CCNS(=O)(=O)c2ccc(C)cc2C)cc(OC)c1OC. The highest BCUT2D eigenvalue weighted by Crippen LogP contribution is 2.39. The molecule has 0 radical (unpaired) electrons. The zero-order valence-electron chi connectivity index (χ0n) is 17.2. The molecule has 2 rings (SSSR count). The minimum Gasteiger partial charge on any atom is -0.493 e. The highest BCUT2D eigenvalue weighted by Gasteiger charge is 2.18. The topological polar surface area (TPSA) is 103 Å². The first-order chi connectivity index (χ1) is 13.7. The zero-order valence-corrected chi connectivity index (χ0v) is 18.0. The molecule has 0 fully saturated rings. The van der Waals surface area contributed by atoms with Crippen LogP contribution in [-0.4, -0.2) is 42.2 Å². The Labute approximate surface area is 171 Å². The predicted molar refractivity (Wildman–Crippen MR) is 110 cm³/mol. The van der Waals surface area contributed by atoms with Crippen LogP contribution in [0.4, 0.5) is 5.69 Å². The molecule has 0 unspecified atom stereocenters. The summed E-state index contributed by atoms with van der Waals surface area (Å²) in [5, 5.41) is 2.70. The number of hydrogen-bond donors (Lipinski definition) is 2. The number of ether oxygens (including phenoxy) is 3. The highest BCUT2D eigenvalue weighted by molar-refractivity contribution is 7.89. The van der Waals surface area contributed by atoms with Crippen LogP contribution >= 0.6 is 0 Å². The second kappa shape index (κ2) is 9.62. The number of carbonyl (C=O) groups excluding carboxylic acids is 1. The van der Waals surface area contributed by atoms with E-state index in [-0.39, 0.29) is 23.8 Å². The first kappa shape index (κ1) is 22.5. The van der Waals surface area contributed by atoms with Crippen molar-refractivity contribution in [3.63, 3.8) is 0 Å². The molecule has 0 atom stereocenters. The van der Waals surface area contributed by atoms with Gasteiger partial charge in [-0.15, -0.1) is 0 Å². The van der Waals surface area contributed by atoms with E-state index >= 15 is 0 Å². The van der Waals surface area contributed by atoms with E-state index in [9.17, 15) is 13.2 Å². The standard InChI is InChI=1S/C20H26N2O6S/c1-13-6-7-18(14(2)10-13)29(24,25)21-9-8-19(23)22-15-11-16(26-3)20(28-5)17(12-15)27-4/h6-7,10-12,21H,8-9H2,1-5H3,(H,22,23). The Morgan fingerprint density at radius 1 is 0.966 bits per heavy atom. The van der Waals surface area contributed by atoms with Gasteiger partial charge < -0.3 is 19.5 Å². The molecule has 0 heterocycles. The van der Waals surface area contributed by atoms with Gasteiger partial charge >= 0.3 is 0 Å². The van der Waals surface area contributed by atoms with Gasteiger partial charge in [-0.25, -0.2) is 13.1 Å². The number of anilines is 1. The second-order valence-corrected chi connectivity index (χ2v) is 8.11. The number of aryl methyl sites for hydroxylation is 2. The largest absolute Gasteiger partial charge is 0.493 e. The fourth-order valence-corrected chi connectivity index (χ4v) is 4.11. The maximum Gasteiger partial charge on any atom is 0.240 e. The Balaban J connectivity index is 2.01. The van der Waals surface area contributed by atoms with Crippen LogP contribution in [0.25, 0.3) is 0 Å². The van der Waals surface area contributed by atoms with Crippen molar-refractivity contribution >= 4 is 21.6 Å². The van der Waals surface area contributed by atoms with Crippen LogP contribution < -0.4 is 24.2 Å². The van der Waals surface area contributed by atoms with Crippen LogP contribution in [0.3, 0.4) is 0 Å². The molecule has 0 spiro atoms. The Kier molecular flexibility index (Phi) is 7.46. The van der Waals surface area contributed by atoms with Crippen molar-refractivity contribution < 1.29 is 27.4 Å². The molecule has 2 aromatic rings. The summed E-state index contributed by atoms with van der Waals surface area (Å²) in [6.45, 7) is 3.59. The van der Waals surface area contributed by atoms with Gasteiger partial charge in [-0.1, -0.05) is 17.7 Å². The number of methoxy groups -OCH3 is 3. The van der Waals surface area contributed by atoms with E-state index in [1.165, 1.54) is 21.3 Å². The van der Waals surface area contributed by atoms with Gasteiger partial charge in [0.25, 0.3) is 0 Å². The van der Waals surface area contributed by atoms with Gasteiger partial charge in [0, 0.05) is 30.8 Å². The molecule has 0 aliphatic carbocycles. The number of sulfonamides is 1. The third-order valence-electron chi connectivity index (χ3n) is 4.21. The third-order valence-corrected chi connectivity index (χ3v) is 5.83. The minimum absolute atomic E-state index is 0.0358. The summed E-state index contributed by atoms with van der Waals surface area (Å²) >= 11 is 0. The van der Waals surface area contributed by atoms with E-state index in [4.69, 9.17) is 14.2 Å². The molecule has 9 heteroatoms. The fraction of sp³-hybridized carbons (Fsp3) is 0.350. The van der Waals surface area contributed by atoms with E-state index in [0.29, 0.717) is 28.5 Å². The number of hydrogen-bond acceptors (Lipinski definition) is 6. The number of amides is 1. The van der Waals surface area contributed by atoms with Gasteiger partial charge in [0.1, 0.15) is 0 Å². The van der Waals surface area contributed by atoms with Crippen LogP contribution in [0.15, 0.2) is 35.2 Å². The fourth-order valence-electron chi connectivity index (χ4n) is 2.85. The first-order valence-corrected chi connectivity index (χ1v) is 10.4. The van der Waals surface area contributed by atoms with Crippen molar-refractivity contribution in [2.45, 2.75) is 25.2 Å². The van der Waals surface area contributed by atoms with Gasteiger partial charge in [-0.2, -0.15) is 0 Å². The normalized spacial score (nSPS) is 11.1. The highest BCUT2D eigenvalue weighted by atomic mass is 32.2. The van der Waals surface area contributed by atoms with Crippen LogP contribution in [0.5, 0.6) is 17.2 Å². The molecule has 158 valence electrons. The molecule has 0 saturated carbocycles. The molecular formula is C20H26N2O6S. The lowest BCUT2D eigenvalue weighted by Gasteiger charge is -2.14. The number of benzene rings is 2. The quantitative estimate of drug-likeness (QED) is 0.644. The Morgan fingerprint density at radius 3 is 2.10 bits per heavy atom. The van der Waals surface area contributed by atoms with E-state index in [1.54, 1.807) is 37.3 Å². The van der Waals surface area contributed by atoms with Gasteiger partial charge in [-0.05, 0) is 25.5 Å². The average molecular weight is 423 g/mol. The number of carbonyl (C=O) groups is 1. The second-order valence-electron chi connectivity index (χ2n) is 6.38. The maximum absolute atomic E-state index is 12.5. The predicted octanol–water partition coefficient (Wildman–Crippen LogP) is 2.64. The van der Waals surface area contributed by atoms with Gasteiger partial charge in [0.15, 0.2) is 11.5 Å². The van der Waals surface area contributed by atoms with Gasteiger partial charge in [-0.3, -0.25) is 4.79 Å². The van der Waals surface area contributed by atoms with Crippen molar-refractivity contribution in [2.75, 3.05) is 33.2 Å². The molecule has 1 amide bonds. The smallest absolute Gasteiger partial charge is 0.240 e. The maximum atomic E-state index is 12.5. The summed E-state index contributed by atoms with van der Waals surface area (Å²) in [6.07, 6.45) is -0.0409. The molecule has 2 aromatic carbocycles. The summed E-state index contributed by atoms with van der Waals surface area (Å²) in [5.41, 5.74) is 2.08. The minimum atomic E-state index is -3.69. The molecular weight excluding hydrogens is 396 g/mol. The van der Waals surface area contributed by atoms with Crippen LogP contribution in [-0.2, 0) is 14.8 Å². The van der Waals surface area contributed by atoms with E-state index < -0.39 is 10.0 Å². The molecule has 0 aliphatic rings. The van der Waals surface area contributed by atoms with E-state index in [2.05, 4.69) is 10.0 Å². The monoisotopic (exact) mass is 422 g/mol. The molecule has 0 saturated heterocycles. The lowest BCUT2D eigenvalue weighted by molar-refractivity contribution is -0.116. The molecule has 0 aromatic heterocycles. The van der Waals surface area contributed by atoms with Crippen LogP contribution in [0.2, 0.25) is 0 Å². The lowest BCUT2D eigenvalue weighted by atomic mass is 10.2. The summed E-state index contributed by atoms with van der Waals surface area (Å²) < 4.78 is 43.1. The zero-order chi connectivity index (χ0) is 21.6. The summed E-state index contributed by atoms with van der Waals surface area (Å²) in [7, 11) is 0.747. The van der Waals surface area contributed by atoms with Gasteiger partial charge in [0.05, 0.1) is 26.2 Å². The van der Waals surface area contributed by atoms with Gasteiger partial charge in [0.2, 0.25) is 21.7 Å². The van der Waals surface area contributed by atoms with E-state index in [1.807, 2.05) is 6.92 Å². The first-order valence-electron chi connectivity index (χ1n) is 8.88. The Hall–Kier alpha value is -2.78. The molecule has 0 bridgehead atoms. The van der Waals surface area contributed by atoms with Crippen LogP contribution in [0.1, 0.15) is 17.5 Å². The van der Waals surface area contributed by atoms with Crippen molar-refractivity contribution in [1.82, 2.24) is 4.72 Å². The molecule has 8 nitrogen and oxygen atoms in total. The summed E-state index contributed by atoms with van der Waals surface area (Å²) in [4.78, 5) is 12.4. The molecule has 29 heavy (non-hydrogen) atoms. The molecule has 0 aliphatic heterocycles. The van der Waals surface area contributed by atoms with E-state index in [0.717, 1.165) is 5.56 Å². The Bertz CT molecular complexity index is 963. The lowest BCUT2D eigenvalue weighted by Crippen LogP contribution is -2.28. The number of nitrogens with one attached hydrogen (secondary N) is 2.